The normalized spacial score (nSPS) is 11.2. The van der Waals surface area contributed by atoms with Gasteiger partial charge in [-0.2, -0.15) is 5.26 Å². The second-order valence-electron chi connectivity index (χ2n) is 8.17. The molecule has 1 aromatic heterocycles. The van der Waals surface area contributed by atoms with Crippen LogP contribution in [0.4, 0.5) is 5.13 Å². The van der Waals surface area contributed by atoms with E-state index in [9.17, 15) is 10.1 Å². The minimum absolute atomic E-state index is 0.0350. The number of thiazole rings is 1. The van der Waals surface area contributed by atoms with E-state index < -0.39 is 5.91 Å². The number of carbonyl (C=O) groups is 1. The van der Waals surface area contributed by atoms with Crippen molar-refractivity contribution in [3.05, 3.63) is 88.0 Å². The topological polar surface area (TPSA) is 84.2 Å². The molecule has 1 heterocycles. The fourth-order valence-corrected chi connectivity index (χ4v) is 4.47. The molecule has 0 unspecified atom stereocenters. The van der Waals surface area contributed by atoms with Crippen LogP contribution in [-0.4, -0.2) is 18.0 Å². The summed E-state index contributed by atoms with van der Waals surface area (Å²) in [6.45, 7) is 6.51. The van der Waals surface area contributed by atoms with Gasteiger partial charge >= 0.3 is 0 Å². The largest absolute Gasteiger partial charge is 0.493 e. The zero-order valence-electron chi connectivity index (χ0n) is 20.0. The Balaban J connectivity index is 1.51. The lowest BCUT2D eigenvalue weighted by Crippen LogP contribution is -2.13. The van der Waals surface area contributed by atoms with Crippen molar-refractivity contribution in [2.75, 3.05) is 12.4 Å². The fourth-order valence-electron chi connectivity index (χ4n) is 3.53. The third-order valence-electron chi connectivity index (χ3n) is 5.73. The van der Waals surface area contributed by atoms with Gasteiger partial charge in [-0.05, 0) is 78.9 Å². The standard InChI is InChI=1S/C28H25N3O3S/c1-17-7-5-6-8-21(17)16-34-24-10-9-20(14-25(24)33-4)13-22(15-29)27(32)31-28-30-23-11-18(2)19(3)12-26(23)35-28/h5-14H,16H2,1-4H3,(H,30,31,32). The highest BCUT2D eigenvalue weighted by molar-refractivity contribution is 7.22. The van der Waals surface area contributed by atoms with Gasteiger partial charge in [0.05, 0.1) is 17.3 Å². The molecule has 0 saturated carbocycles. The first-order chi connectivity index (χ1) is 16.9. The van der Waals surface area contributed by atoms with E-state index in [-0.39, 0.29) is 5.57 Å². The fraction of sp³-hybridized carbons (Fsp3) is 0.179. The van der Waals surface area contributed by atoms with Crippen molar-refractivity contribution in [3.8, 4) is 17.6 Å². The van der Waals surface area contributed by atoms with E-state index in [1.54, 1.807) is 25.3 Å². The first kappa shape index (κ1) is 24.0. The highest BCUT2D eigenvalue weighted by Gasteiger charge is 2.14. The van der Waals surface area contributed by atoms with Crippen LogP contribution in [0.3, 0.4) is 0 Å². The quantitative estimate of drug-likeness (QED) is 0.244. The third kappa shape index (κ3) is 5.51. The molecule has 0 fully saturated rings. The Kier molecular flexibility index (Phi) is 7.14. The van der Waals surface area contributed by atoms with Crippen molar-refractivity contribution in [1.29, 1.82) is 5.26 Å². The van der Waals surface area contributed by atoms with Crippen molar-refractivity contribution in [1.82, 2.24) is 4.98 Å². The third-order valence-corrected chi connectivity index (χ3v) is 6.67. The molecule has 35 heavy (non-hydrogen) atoms. The lowest BCUT2D eigenvalue weighted by Gasteiger charge is -2.12. The Labute approximate surface area is 208 Å². The number of benzene rings is 3. The molecule has 0 aliphatic rings. The van der Waals surface area contributed by atoms with Gasteiger partial charge in [0.25, 0.3) is 5.91 Å². The molecule has 1 N–H and O–H groups in total. The molecule has 0 spiro atoms. The molecule has 1 amide bonds. The number of nitrogens with one attached hydrogen (secondary N) is 1. The number of fused-ring (bicyclic) bond motifs is 1. The zero-order chi connectivity index (χ0) is 24.9. The van der Waals surface area contributed by atoms with Crippen LogP contribution in [-0.2, 0) is 11.4 Å². The second-order valence-corrected chi connectivity index (χ2v) is 9.20. The number of aromatic nitrogens is 1. The van der Waals surface area contributed by atoms with Crippen molar-refractivity contribution in [2.24, 2.45) is 0 Å². The van der Waals surface area contributed by atoms with Crippen molar-refractivity contribution in [2.45, 2.75) is 27.4 Å². The minimum Gasteiger partial charge on any atom is -0.493 e. The molecule has 7 heteroatoms. The summed E-state index contributed by atoms with van der Waals surface area (Å²) in [5.41, 5.74) is 5.97. The summed E-state index contributed by atoms with van der Waals surface area (Å²) in [5, 5.41) is 12.8. The Morgan fingerprint density at radius 1 is 1.06 bits per heavy atom. The summed E-state index contributed by atoms with van der Waals surface area (Å²) in [6, 6.07) is 19.3. The maximum absolute atomic E-state index is 12.8. The van der Waals surface area contributed by atoms with Crippen LogP contribution >= 0.6 is 11.3 Å². The predicted octanol–water partition coefficient (Wildman–Crippen LogP) is 6.35. The Morgan fingerprint density at radius 2 is 1.83 bits per heavy atom. The van der Waals surface area contributed by atoms with Crippen molar-refractivity contribution >= 4 is 38.7 Å². The number of hydrogen-bond acceptors (Lipinski definition) is 6. The van der Waals surface area contributed by atoms with Crippen LogP contribution in [0.1, 0.15) is 27.8 Å². The average Bonchev–Trinajstić information content (AvgIpc) is 3.23. The first-order valence-corrected chi connectivity index (χ1v) is 11.9. The van der Waals surface area contributed by atoms with E-state index in [0.717, 1.165) is 32.5 Å². The van der Waals surface area contributed by atoms with Gasteiger partial charge < -0.3 is 9.47 Å². The summed E-state index contributed by atoms with van der Waals surface area (Å²) in [4.78, 5) is 17.3. The van der Waals surface area contributed by atoms with Gasteiger partial charge in [0.1, 0.15) is 18.2 Å². The molecule has 0 saturated heterocycles. The first-order valence-electron chi connectivity index (χ1n) is 11.0. The van der Waals surface area contributed by atoms with Gasteiger partial charge in [-0.25, -0.2) is 4.98 Å². The second kappa shape index (κ2) is 10.4. The van der Waals surface area contributed by atoms with Crippen LogP contribution in [0.5, 0.6) is 11.5 Å². The van der Waals surface area contributed by atoms with Gasteiger partial charge in [-0.3, -0.25) is 10.1 Å². The molecule has 4 rings (SSSR count). The number of nitrogens with zero attached hydrogens (tertiary/aromatic N) is 2. The van der Waals surface area contributed by atoms with Crippen LogP contribution in [0, 0.1) is 32.1 Å². The number of rotatable bonds is 7. The van der Waals surface area contributed by atoms with Gasteiger partial charge in [0.2, 0.25) is 0 Å². The number of carbonyl (C=O) groups excluding carboxylic acids is 1. The molecule has 176 valence electrons. The number of hydrogen-bond donors (Lipinski definition) is 1. The average molecular weight is 484 g/mol. The van der Waals surface area contributed by atoms with E-state index in [1.165, 1.54) is 17.4 Å². The van der Waals surface area contributed by atoms with E-state index in [2.05, 4.69) is 10.3 Å². The van der Waals surface area contributed by atoms with Crippen molar-refractivity contribution in [3.63, 3.8) is 0 Å². The minimum atomic E-state index is -0.515. The van der Waals surface area contributed by atoms with E-state index in [0.29, 0.717) is 28.8 Å². The van der Waals surface area contributed by atoms with Crippen LogP contribution < -0.4 is 14.8 Å². The number of ether oxygens (including phenoxy) is 2. The highest BCUT2D eigenvalue weighted by Crippen LogP contribution is 2.31. The van der Waals surface area contributed by atoms with Gasteiger partial charge in [-0.15, -0.1) is 0 Å². The molecule has 6 nitrogen and oxygen atoms in total. The zero-order valence-corrected chi connectivity index (χ0v) is 20.8. The number of aryl methyl sites for hydroxylation is 3. The summed E-state index contributed by atoms with van der Waals surface area (Å²) >= 11 is 1.38. The van der Waals surface area contributed by atoms with Crippen LogP contribution in [0.15, 0.2) is 60.2 Å². The van der Waals surface area contributed by atoms with E-state index in [4.69, 9.17) is 9.47 Å². The molecular formula is C28H25N3O3S. The Morgan fingerprint density at radius 3 is 2.57 bits per heavy atom. The van der Waals surface area contributed by atoms with Gasteiger partial charge in [0.15, 0.2) is 16.6 Å². The van der Waals surface area contributed by atoms with Gasteiger partial charge in [0, 0.05) is 0 Å². The monoisotopic (exact) mass is 483 g/mol. The number of nitriles is 1. The molecular weight excluding hydrogens is 458 g/mol. The molecule has 0 atom stereocenters. The van der Waals surface area contributed by atoms with Crippen LogP contribution in [0.25, 0.3) is 16.3 Å². The smallest absolute Gasteiger partial charge is 0.268 e. The van der Waals surface area contributed by atoms with E-state index in [1.807, 2.05) is 63.2 Å². The van der Waals surface area contributed by atoms with Gasteiger partial charge in [-0.1, -0.05) is 41.7 Å². The summed E-state index contributed by atoms with van der Waals surface area (Å²) in [7, 11) is 1.55. The number of amides is 1. The summed E-state index contributed by atoms with van der Waals surface area (Å²) in [6.07, 6.45) is 1.52. The van der Waals surface area contributed by atoms with Crippen molar-refractivity contribution < 1.29 is 14.3 Å². The molecule has 0 bridgehead atoms. The molecule has 3 aromatic carbocycles. The SMILES string of the molecule is COc1cc(C=C(C#N)C(=O)Nc2nc3cc(C)c(C)cc3s2)ccc1OCc1ccccc1C. The Hall–Kier alpha value is -4.15. The van der Waals surface area contributed by atoms with E-state index >= 15 is 0 Å². The highest BCUT2D eigenvalue weighted by atomic mass is 32.1. The Bertz CT molecular complexity index is 1440. The maximum atomic E-state index is 12.8. The van der Waals surface area contributed by atoms with Crippen LogP contribution in [0.2, 0.25) is 0 Å². The molecule has 0 radical (unpaired) electrons. The number of methoxy groups -OCH3 is 1. The molecule has 4 aromatic rings. The molecule has 0 aliphatic heterocycles. The lowest BCUT2D eigenvalue weighted by molar-refractivity contribution is -0.112. The summed E-state index contributed by atoms with van der Waals surface area (Å²) < 4.78 is 12.4. The summed E-state index contributed by atoms with van der Waals surface area (Å²) in [5.74, 6) is 0.580. The molecule has 0 aliphatic carbocycles. The lowest BCUT2D eigenvalue weighted by atomic mass is 10.1. The predicted molar refractivity (Wildman–Crippen MR) is 140 cm³/mol. The maximum Gasteiger partial charge on any atom is 0.268 e. The number of anilines is 1.